The molecule has 18 heavy (non-hydrogen) atoms. The maximum Gasteiger partial charge on any atom is 0.323 e. The van der Waals surface area contributed by atoms with Gasteiger partial charge in [-0.1, -0.05) is 6.07 Å². The SMILES string of the molecule is Cc1cc(C)c(F)c(NC(=O)Nc2cn[nH]c2)c1. The van der Waals surface area contributed by atoms with Gasteiger partial charge in [-0.15, -0.1) is 0 Å². The van der Waals surface area contributed by atoms with Gasteiger partial charge in [-0.3, -0.25) is 5.10 Å². The lowest BCUT2D eigenvalue weighted by atomic mass is 10.1. The molecule has 0 fully saturated rings. The van der Waals surface area contributed by atoms with E-state index in [9.17, 15) is 9.18 Å². The van der Waals surface area contributed by atoms with Crippen molar-refractivity contribution >= 4 is 17.4 Å². The van der Waals surface area contributed by atoms with Crippen molar-refractivity contribution < 1.29 is 9.18 Å². The fourth-order valence-corrected chi connectivity index (χ4v) is 1.64. The van der Waals surface area contributed by atoms with Gasteiger partial charge < -0.3 is 10.6 Å². The van der Waals surface area contributed by atoms with Crippen LogP contribution in [-0.2, 0) is 0 Å². The Balaban J connectivity index is 2.12. The van der Waals surface area contributed by atoms with Crippen LogP contribution in [0, 0.1) is 19.7 Å². The van der Waals surface area contributed by atoms with Gasteiger partial charge in [0, 0.05) is 6.20 Å². The van der Waals surface area contributed by atoms with Crippen molar-refractivity contribution in [3.63, 3.8) is 0 Å². The van der Waals surface area contributed by atoms with E-state index < -0.39 is 11.8 Å². The van der Waals surface area contributed by atoms with E-state index in [1.807, 2.05) is 6.92 Å². The number of rotatable bonds is 2. The lowest BCUT2D eigenvalue weighted by Gasteiger charge is -2.09. The van der Waals surface area contributed by atoms with E-state index in [2.05, 4.69) is 20.8 Å². The van der Waals surface area contributed by atoms with Crippen molar-refractivity contribution in [3.05, 3.63) is 41.5 Å². The van der Waals surface area contributed by atoms with Crippen LogP contribution < -0.4 is 10.6 Å². The Kier molecular flexibility index (Phi) is 3.27. The molecule has 0 spiro atoms. The molecule has 6 heteroatoms. The maximum absolute atomic E-state index is 13.8. The van der Waals surface area contributed by atoms with Crippen LogP contribution in [0.25, 0.3) is 0 Å². The predicted octanol–water partition coefficient (Wildman–Crippen LogP) is 2.81. The Morgan fingerprint density at radius 1 is 1.33 bits per heavy atom. The third kappa shape index (κ3) is 2.65. The van der Waals surface area contributed by atoms with Crippen molar-refractivity contribution in [1.29, 1.82) is 0 Å². The molecule has 94 valence electrons. The number of carbonyl (C=O) groups is 1. The first-order valence-corrected chi connectivity index (χ1v) is 5.40. The molecule has 0 aliphatic heterocycles. The smallest absolute Gasteiger partial charge is 0.305 e. The molecule has 0 unspecified atom stereocenters. The first-order valence-electron chi connectivity index (χ1n) is 5.40. The molecule has 0 saturated carbocycles. The van der Waals surface area contributed by atoms with Gasteiger partial charge in [-0.2, -0.15) is 5.10 Å². The van der Waals surface area contributed by atoms with Gasteiger partial charge in [-0.05, 0) is 31.0 Å². The summed E-state index contributed by atoms with van der Waals surface area (Å²) in [6.07, 6.45) is 2.98. The molecular weight excluding hydrogens is 235 g/mol. The van der Waals surface area contributed by atoms with Crippen molar-refractivity contribution in [2.24, 2.45) is 0 Å². The zero-order valence-electron chi connectivity index (χ0n) is 10.0. The number of aryl methyl sites for hydroxylation is 2. The largest absolute Gasteiger partial charge is 0.323 e. The number of carbonyl (C=O) groups excluding carboxylic acids is 1. The van der Waals surface area contributed by atoms with Gasteiger partial charge in [0.1, 0.15) is 5.82 Å². The van der Waals surface area contributed by atoms with Crippen LogP contribution in [0.5, 0.6) is 0 Å². The van der Waals surface area contributed by atoms with Gasteiger partial charge in [0.15, 0.2) is 0 Å². The standard InChI is InChI=1S/C12H13FN4O/c1-7-3-8(2)11(13)10(4-7)17-12(18)16-9-5-14-15-6-9/h3-6H,1-2H3,(H,14,15)(H2,16,17,18). The average Bonchev–Trinajstić information content (AvgIpc) is 2.77. The summed E-state index contributed by atoms with van der Waals surface area (Å²) in [4.78, 5) is 11.6. The van der Waals surface area contributed by atoms with Crippen LogP contribution in [0.15, 0.2) is 24.5 Å². The van der Waals surface area contributed by atoms with Crippen molar-refractivity contribution in [2.45, 2.75) is 13.8 Å². The molecule has 1 aromatic heterocycles. The Labute approximate surface area is 103 Å². The summed E-state index contributed by atoms with van der Waals surface area (Å²) < 4.78 is 13.8. The Morgan fingerprint density at radius 2 is 2.11 bits per heavy atom. The second-order valence-corrected chi connectivity index (χ2v) is 4.01. The summed E-state index contributed by atoms with van der Waals surface area (Å²) >= 11 is 0. The van der Waals surface area contributed by atoms with Crippen molar-refractivity contribution in [1.82, 2.24) is 10.2 Å². The molecule has 1 aromatic carbocycles. The molecule has 0 radical (unpaired) electrons. The number of nitrogens with one attached hydrogen (secondary N) is 3. The fourth-order valence-electron chi connectivity index (χ4n) is 1.64. The number of hydrogen-bond acceptors (Lipinski definition) is 2. The number of aromatic amines is 1. The van der Waals surface area contributed by atoms with Crippen LogP contribution in [0.1, 0.15) is 11.1 Å². The molecule has 0 aliphatic carbocycles. The molecular formula is C12H13FN4O. The van der Waals surface area contributed by atoms with Crippen LogP contribution in [0.2, 0.25) is 0 Å². The summed E-state index contributed by atoms with van der Waals surface area (Å²) in [5.74, 6) is -0.428. The summed E-state index contributed by atoms with van der Waals surface area (Å²) in [5.41, 5.74) is 2.05. The molecule has 0 aliphatic rings. The normalized spacial score (nSPS) is 10.2. The summed E-state index contributed by atoms with van der Waals surface area (Å²) in [7, 11) is 0. The number of halogens is 1. The summed E-state index contributed by atoms with van der Waals surface area (Å²) in [6, 6.07) is 2.78. The van der Waals surface area contributed by atoms with E-state index in [1.54, 1.807) is 19.1 Å². The van der Waals surface area contributed by atoms with Gasteiger partial charge in [0.2, 0.25) is 0 Å². The highest BCUT2D eigenvalue weighted by molar-refractivity contribution is 5.99. The van der Waals surface area contributed by atoms with Gasteiger partial charge in [0.25, 0.3) is 0 Å². The zero-order valence-corrected chi connectivity index (χ0v) is 10.0. The molecule has 5 nitrogen and oxygen atoms in total. The second-order valence-electron chi connectivity index (χ2n) is 4.01. The Bertz CT molecular complexity index is 566. The average molecular weight is 248 g/mol. The molecule has 2 amide bonds. The Hall–Kier alpha value is -2.37. The highest BCUT2D eigenvalue weighted by Crippen LogP contribution is 2.20. The minimum atomic E-state index is -0.514. The molecule has 2 aromatic rings. The lowest BCUT2D eigenvalue weighted by Crippen LogP contribution is -2.20. The number of amides is 2. The van der Waals surface area contributed by atoms with Crippen molar-refractivity contribution in [3.8, 4) is 0 Å². The third-order valence-electron chi connectivity index (χ3n) is 2.40. The Morgan fingerprint density at radius 3 is 2.78 bits per heavy atom. The lowest BCUT2D eigenvalue weighted by molar-refractivity contribution is 0.262. The van der Waals surface area contributed by atoms with E-state index in [1.165, 1.54) is 12.4 Å². The zero-order chi connectivity index (χ0) is 13.1. The monoisotopic (exact) mass is 248 g/mol. The molecule has 2 rings (SSSR count). The van der Waals surface area contributed by atoms with Crippen LogP contribution in [0.3, 0.4) is 0 Å². The van der Waals surface area contributed by atoms with E-state index >= 15 is 0 Å². The van der Waals surface area contributed by atoms with E-state index in [-0.39, 0.29) is 5.69 Å². The first kappa shape index (κ1) is 12.1. The number of aromatic nitrogens is 2. The van der Waals surface area contributed by atoms with Gasteiger partial charge in [-0.25, -0.2) is 9.18 Å². The minimum Gasteiger partial charge on any atom is -0.305 e. The van der Waals surface area contributed by atoms with Crippen LogP contribution >= 0.6 is 0 Å². The van der Waals surface area contributed by atoms with Gasteiger partial charge in [0.05, 0.1) is 17.6 Å². The highest BCUT2D eigenvalue weighted by atomic mass is 19.1. The molecule has 1 heterocycles. The quantitative estimate of drug-likeness (QED) is 0.764. The minimum absolute atomic E-state index is 0.161. The van der Waals surface area contributed by atoms with Gasteiger partial charge >= 0.3 is 6.03 Å². The third-order valence-corrected chi connectivity index (χ3v) is 2.40. The number of anilines is 2. The summed E-state index contributed by atoms with van der Waals surface area (Å²) in [6.45, 7) is 3.49. The molecule has 0 atom stereocenters. The topological polar surface area (TPSA) is 69.8 Å². The molecule has 3 N–H and O–H groups in total. The van der Waals surface area contributed by atoms with E-state index in [4.69, 9.17) is 0 Å². The predicted molar refractivity (Wildman–Crippen MR) is 67.1 cm³/mol. The number of H-pyrrole nitrogens is 1. The number of hydrogen-bond donors (Lipinski definition) is 3. The second kappa shape index (κ2) is 4.87. The van der Waals surface area contributed by atoms with E-state index in [0.717, 1.165) is 5.56 Å². The molecule has 0 saturated heterocycles. The highest BCUT2D eigenvalue weighted by Gasteiger charge is 2.10. The number of urea groups is 1. The van der Waals surface area contributed by atoms with Crippen LogP contribution in [-0.4, -0.2) is 16.2 Å². The van der Waals surface area contributed by atoms with Crippen molar-refractivity contribution in [2.75, 3.05) is 10.6 Å². The summed E-state index contributed by atoms with van der Waals surface area (Å²) in [5, 5.41) is 11.2. The number of benzene rings is 1. The first-order chi connectivity index (χ1) is 8.56. The maximum atomic E-state index is 13.8. The van der Waals surface area contributed by atoms with Crippen LogP contribution in [0.4, 0.5) is 20.6 Å². The van der Waals surface area contributed by atoms with E-state index in [0.29, 0.717) is 11.3 Å². The number of nitrogens with zero attached hydrogens (tertiary/aromatic N) is 1. The fraction of sp³-hybridized carbons (Fsp3) is 0.167. The molecule has 0 bridgehead atoms.